The number of rotatable bonds is 4. The molecule has 1 aromatic carbocycles. The molecule has 20 heavy (non-hydrogen) atoms. The minimum atomic E-state index is -0.0354. The number of hydrogen-bond donors (Lipinski definition) is 0. The molecule has 1 fully saturated rings. The monoisotopic (exact) mass is 293 g/mol. The third-order valence-electron chi connectivity index (χ3n) is 4.52. The Bertz CT molecular complexity index is 443. The topological polar surface area (TPSA) is 20.3 Å². The van der Waals surface area contributed by atoms with Crippen molar-refractivity contribution in [3.63, 3.8) is 0 Å². The van der Waals surface area contributed by atoms with Gasteiger partial charge in [0.05, 0.1) is 6.04 Å². The first-order chi connectivity index (χ1) is 9.61. The fraction of sp³-hybridized carbons (Fsp3) is 0.588. The van der Waals surface area contributed by atoms with E-state index >= 15 is 0 Å². The molecule has 2 rings (SSSR count). The van der Waals surface area contributed by atoms with Gasteiger partial charge in [-0.2, -0.15) is 0 Å². The second kappa shape index (κ2) is 7.24. The van der Waals surface area contributed by atoms with Crippen LogP contribution >= 0.6 is 11.6 Å². The summed E-state index contributed by atoms with van der Waals surface area (Å²) < 4.78 is 0. The Kier molecular flexibility index (Phi) is 5.62. The van der Waals surface area contributed by atoms with Gasteiger partial charge in [0, 0.05) is 10.6 Å². The van der Waals surface area contributed by atoms with Crippen LogP contribution in [0.15, 0.2) is 24.3 Å². The first-order valence-corrected chi connectivity index (χ1v) is 8.03. The summed E-state index contributed by atoms with van der Waals surface area (Å²) in [6, 6.07) is 7.20. The maximum absolute atomic E-state index is 12.5. The number of carbonyl (C=O) groups excluding carboxylic acids is 1. The van der Waals surface area contributed by atoms with Gasteiger partial charge in [-0.3, -0.25) is 9.69 Å². The van der Waals surface area contributed by atoms with Crippen molar-refractivity contribution >= 4 is 17.4 Å². The molecule has 1 saturated heterocycles. The molecule has 2 unspecified atom stereocenters. The van der Waals surface area contributed by atoms with Crippen LogP contribution in [0.4, 0.5) is 0 Å². The molecule has 0 amide bonds. The minimum Gasteiger partial charge on any atom is -0.293 e. The molecule has 0 bridgehead atoms. The van der Waals surface area contributed by atoms with Gasteiger partial charge in [0.2, 0.25) is 0 Å². The Labute approximate surface area is 127 Å². The molecule has 1 aliphatic heterocycles. The van der Waals surface area contributed by atoms with Gasteiger partial charge >= 0.3 is 0 Å². The molecule has 0 radical (unpaired) electrons. The number of Topliss-reactive ketones (excluding diaryl/α,β-unsaturated/α-hetero) is 1. The third kappa shape index (κ3) is 3.83. The van der Waals surface area contributed by atoms with Gasteiger partial charge < -0.3 is 0 Å². The van der Waals surface area contributed by atoms with Crippen LogP contribution in [0.5, 0.6) is 0 Å². The summed E-state index contributed by atoms with van der Waals surface area (Å²) in [6.45, 7) is 6.38. The van der Waals surface area contributed by atoms with E-state index in [1.165, 1.54) is 25.7 Å². The first-order valence-electron chi connectivity index (χ1n) is 7.65. The van der Waals surface area contributed by atoms with E-state index in [0.717, 1.165) is 24.6 Å². The summed E-state index contributed by atoms with van der Waals surface area (Å²) >= 11 is 5.88. The molecule has 0 N–H and O–H groups in total. The normalized spacial score (nSPS) is 22.2. The van der Waals surface area contributed by atoms with Crippen LogP contribution in [0.25, 0.3) is 0 Å². The number of likely N-dealkylation sites (tertiary alicyclic amines) is 1. The SMILES string of the molecule is CCC1CCCN(C(C)C(=O)c2ccc(Cl)cc2)CC1. The number of benzene rings is 1. The second-order valence-electron chi connectivity index (χ2n) is 5.79. The van der Waals surface area contributed by atoms with Crippen LogP contribution in [0, 0.1) is 5.92 Å². The highest BCUT2D eigenvalue weighted by Gasteiger charge is 2.25. The molecule has 1 heterocycles. The predicted molar refractivity (Wildman–Crippen MR) is 84.4 cm³/mol. The van der Waals surface area contributed by atoms with Gasteiger partial charge in [0.15, 0.2) is 5.78 Å². The van der Waals surface area contributed by atoms with E-state index < -0.39 is 0 Å². The van der Waals surface area contributed by atoms with Gasteiger partial charge in [-0.25, -0.2) is 0 Å². The molecule has 1 aliphatic rings. The zero-order chi connectivity index (χ0) is 14.5. The van der Waals surface area contributed by atoms with E-state index in [1.54, 1.807) is 12.1 Å². The van der Waals surface area contributed by atoms with Crippen LogP contribution < -0.4 is 0 Å². The molecular formula is C17H24ClNO. The fourth-order valence-corrected chi connectivity index (χ4v) is 3.13. The van der Waals surface area contributed by atoms with Gasteiger partial charge in [0.25, 0.3) is 0 Å². The van der Waals surface area contributed by atoms with Gasteiger partial charge in [-0.15, -0.1) is 0 Å². The number of ketones is 1. The van der Waals surface area contributed by atoms with E-state index in [1.807, 2.05) is 19.1 Å². The smallest absolute Gasteiger partial charge is 0.179 e. The van der Waals surface area contributed by atoms with Crippen molar-refractivity contribution in [2.24, 2.45) is 5.92 Å². The van der Waals surface area contributed by atoms with Crippen LogP contribution in [-0.4, -0.2) is 29.8 Å². The van der Waals surface area contributed by atoms with Crippen LogP contribution in [-0.2, 0) is 0 Å². The van der Waals surface area contributed by atoms with Crippen molar-refractivity contribution in [2.45, 2.75) is 45.6 Å². The van der Waals surface area contributed by atoms with Crippen LogP contribution in [0.2, 0.25) is 5.02 Å². The number of hydrogen-bond acceptors (Lipinski definition) is 2. The van der Waals surface area contributed by atoms with Crippen molar-refractivity contribution in [2.75, 3.05) is 13.1 Å². The van der Waals surface area contributed by atoms with Gasteiger partial charge in [-0.1, -0.05) is 24.9 Å². The maximum atomic E-state index is 12.5. The molecule has 0 saturated carbocycles. The standard InChI is InChI=1S/C17H24ClNO/c1-3-14-5-4-11-19(12-10-14)13(2)17(20)15-6-8-16(18)9-7-15/h6-9,13-14H,3-5,10-12H2,1-2H3. The average Bonchev–Trinajstić information content (AvgIpc) is 2.72. The highest BCUT2D eigenvalue weighted by atomic mass is 35.5. The van der Waals surface area contributed by atoms with Crippen molar-refractivity contribution in [1.82, 2.24) is 4.90 Å². The minimum absolute atomic E-state index is 0.0354. The molecule has 2 atom stereocenters. The molecular weight excluding hydrogens is 270 g/mol. The molecule has 0 aliphatic carbocycles. The van der Waals surface area contributed by atoms with Crippen LogP contribution in [0.3, 0.4) is 0 Å². The Balaban J connectivity index is 2.01. The van der Waals surface area contributed by atoms with E-state index in [0.29, 0.717) is 5.02 Å². The summed E-state index contributed by atoms with van der Waals surface area (Å²) in [4.78, 5) is 14.9. The summed E-state index contributed by atoms with van der Waals surface area (Å²) in [5.41, 5.74) is 0.762. The Morgan fingerprint density at radius 2 is 2.00 bits per heavy atom. The quantitative estimate of drug-likeness (QED) is 0.766. The third-order valence-corrected chi connectivity index (χ3v) is 4.77. The van der Waals surface area contributed by atoms with Crippen molar-refractivity contribution < 1.29 is 4.79 Å². The lowest BCUT2D eigenvalue weighted by atomic mass is 9.98. The largest absolute Gasteiger partial charge is 0.293 e. The summed E-state index contributed by atoms with van der Waals surface area (Å²) in [7, 11) is 0. The van der Waals surface area contributed by atoms with E-state index in [-0.39, 0.29) is 11.8 Å². The van der Waals surface area contributed by atoms with Crippen molar-refractivity contribution in [3.05, 3.63) is 34.9 Å². The van der Waals surface area contributed by atoms with Gasteiger partial charge in [-0.05, 0) is 69.5 Å². The van der Waals surface area contributed by atoms with Crippen molar-refractivity contribution in [1.29, 1.82) is 0 Å². The van der Waals surface area contributed by atoms with Crippen molar-refractivity contribution in [3.8, 4) is 0 Å². The predicted octanol–water partition coefficient (Wildman–Crippen LogP) is 4.42. The molecule has 2 nitrogen and oxygen atoms in total. The fourth-order valence-electron chi connectivity index (χ4n) is 3.00. The van der Waals surface area contributed by atoms with Crippen LogP contribution in [0.1, 0.15) is 49.9 Å². The second-order valence-corrected chi connectivity index (χ2v) is 6.22. The van der Waals surface area contributed by atoms with Gasteiger partial charge in [0.1, 0.15) is 0 Å². The zero-order valence-electron chi connectivity index (χ0n) is 12.4. The molecule has 0 aromatic heterocycles. The molecule has 1 aromatic rings. The highest BCUT2D eigenvalue weighted by molar-refractivity contribution is 6.30. The molecule has 3 heteroatoms. The van der Waals surface area contributed by atoms with E-state index in [9.17, 15) is 4.79 Å². The molecule has 110 valence electrons. The summed E-state index contributed by atoms with van der Waals surface area (Å²) in [5, 5.41) is 0.676. The lowest BCUT2D eigenvalue weighted by Gasteiger charge is -2.26. The molecule has 0 spiro atoms. The Hall–Kier alpha value is -0.860. The lowest BCUT2D eigenvalue weighted by Crippen LogP contribution is -2.39. The Morgan fingerprint density at radius 3 is 2.65 bits per heavy atom. The maximum Gasteiger partial charge on any atom is 0.179 e. The first kappa shape index (κ1) is 15.5. The van der Waals surface area contributed by atoms with E-state index in [4.69, 9.17) is 11.6 Å². The highest BCUT2D eigenvalue weighted by Crippen LogP contribution is 2.22. The van der Waals surface area contributed by atoms with E-state index in [2.05, 4.69) is 11.8 Å². The Morgan fingerprint density at radius 1 is 1.30 bits per heavy atom. The zero-order valence-corrected chi connectivity index (χ0v) is 13.2. The average molecular weight is 294 g/mol. The number of nitrogens with zero attached hydrogens (tertiary/aromatic N) is 1. The summed E-state index contributed by atoms with van der Waals surface area (Å²) in [6.07, 6.45) is 4.98. The number of halogens is 1. The lowest BCUT2D eigenvalue weighted by molar-refractivity contribution is 0.0841. The number of carbonyl (C=O) groups is 1. The summed E-state index contributed by atoms with van der Waals surface area (Å²) in [5.74, 6) is 1.04.